The summed E-state index contributed by atoms with van der Waals surface area (Å²) >= 11 is 0. The second-order valence-electron chi connectivity index (χ2n) is 7.88. The fourth-order valence-electron chi connectivity index (χ4n) is 4.36. The van der Waals surface area contributed by atoms with Gasteiger partial charge in [0.05, 0.1) is 0 Å². The number of nitrogens with zero attached hydrogens (tertiary/aromatic N) is 2. The van der Waals surface area contributed by atoms with Crippen LogP contribution in [0.25, 0.3) is 0 Å². The highest BCUT2D eigenvalue weighted by atomic mass is 19.1. The van der Waals surface area contributed by atoms with E-state index in [9.17, 15) is 9.18 Å². The predicted molar refractivity (Wildman–Crippen MR) is 94.0 cm³/mol. The van der Waals surface area contributed by atoms with E-state index in [2.05, 4.69) is 23.6 Å². The molecule has 2 aliphatic heterocycles. The molecule has 0 bridgehead atoms. The Morgan fingerprint density at radius 2 is 1.88 bits per heavy atom. The van der Waals surface area contributed by atoms with E-state index in [0.29, 0.717) is 18.9 Å². The zero-order valence-electron chi connectivity index (χ0n) is 14.9. The quantitative estimate of drug-likeness (QED) is 0.836. The molecule has 3 rings (SSSR count). The van der Waals surface area contributed by atoms with Crippen LogP contribution in [0, 0.1) is 11.7 Å². The third kappa shape index (κ3) is 3.80. The van der Waals surface area contributed by atoms with Gasteiger partial charge in [0.2, 0.25) is 5.91 Å². The lowest BCUT2D eigenvalue weighted by Gasteiger charge is -2.38. The molecular weight excluding hydrogens is 303 g/mol. The van der Waals surface area contributed by atoms with E-state index in [1.54, 1.807) is 12.1 Å². The third-order valence-corrected chi connectivity index (χ3v) is 5.57. The van der Waals surface area contributed by atoms with Gasteiger partial charge in [-0.2, -0.15) is 0 Å². The number of likely N-dealkylation sites (tertiary alicyclic amines) is 2. The molecule has 1 aromatic rings. The standard InChI is InChI=1S/C20H29FN2O/c1-16(2)14-22-12-3-9-20(11-13-22)10-8-19(24)23(20)15-17-4-6-18(21)7-5-17/h4-7,16H,3,8-15H2,1-2H3/t20-/m0/s1. The Bertz CT molecular complexity index is 572. The van der Waals surface area contributed by atoms with Gasteiger partial charge in [0.1, 0.15) is 5.82 Å². The van der Waals surface area contributed by atoms with Crippen LogP contribution in [0.5, 0.6) is 0 Å². The van der Waals surface area contributed by atoms with Gasteiger partial charge in [0, 0.05) is 31.6 Å². The molecule has 2 fully saturated rings. The lowest BCUT2D eigenvalue weighted by Crippen LogP contribution is -2.46. The van der Waals surface area contributed by atoms with Crippen molar-refractivity contribution >= 4 is 5.91 Å². The van der Waals surface area contributed by atoms with E-state index in [1.807, 2.05) is 0 Å². The van der Waals surface area contributed by atoms with Crippen LogP contribution >= 0.6 is 0 Å². The normalized spacial score (nSPS) is 25.7. The smallest absolute Gasteiger partial charge is 0.223 e. The summed E-state index contributed by atoms with van der Waals surface area (Å²) in [5, 5.41) is 0. The number of benzene rings is 1. The van der Waals surface area contributed by atoms with E-state index in [1.165, 1.54) is 12.1 Å². The van der Waals surface area contributed by atoms with Gasteiger partial charge >= 0.3 is 0 Å². The first-order valence-corrected chi connectivity index (χ1v) is 9.26. The lowest BCUT2D eigenvalue weighted by molar-refractivity contribution is -0.132. The summed E-state index contributed by atoms with van der Waals surface area (Å²) in [6, 6.07) is 6.58. The minimum absolute atomic E-state index is 0.0111. The highest BCUT2D eigenvalue weighted by molar-refractivity contribution is 5.79. The van der Waals surface area contributed by atoms with Gasteiger partial charge < -0.3 is 9.80 Å². The Kier molecular flexibility index (Phi) is 5.24. The number of carbonyl (C=O) groups excluding carboxylic acids is 1. The Morgan fingerprint density at radius 1 is 1.12 bits per heavy atom. The number of halogens is 1. The van der Waals surface area contributed by atoms with Crippen molar-refractivity contribution < 1.29 is 9.18 Å². The monoisotopic (exact) mass is 332 g/mol. The van der Waals surface area contributed by atoms with E-state index < -0.39 is 0 Å². The molecule has 1 amide bonds. The zero-order valence-corrected chi connectivity index (χ0v) is 14.9. The van der Waals surface area contributed by atoms with E-state index in [0.717, 1.165) is 50.9 Å². The molecule has 132 valence electrons. The van der Waals surface area contributed by atoms with E-state index in [4.69, 9.17) is 0 Å². The number of hydrogen-bond donors (Lipinski definition) is 0. The number of rotatable bonds is 4. The van der Waals surface area contributed by atoms with Crippen LogP contribution in [-0.2, 0) is 11.3 Å². The molecule has 1 spiro atoms. The molecule has 0 aromatic heterocycles. The van der Waals surface area contributed by atoms with Crippen LogP contribution in [0.2, 0.25) is 0 Å². The van der Waals surface area contributed by atoms with Gasteiger partial charge in [-0.15, -0.1) is 0 Å². The molecule has 4 heteroatoms. The molecule has 3 nitrogen and oxygen atoms in total. The summed E-state index contributed by atoms with van der Waals surface area (Å²) in [5.41, 5.74) is 1.03. The largest absolute Gasteiger partial charge is 0.333 e. The molecule has 0 aliphatic carbocycles. The molecule has 0 radical (unpaired) electrons. The lowest BCUT2D eigenvalue weighted by atomic mass is 9.87. The van der Waals surface area contributed by atoms with Crippen LogP contribution in [0.4, 0.5) is 4.39 Å². The van der Waals surface area contributed by atoms with Crippen LogP contribution in [0.3, 0.4) is 0 Å². The van der Waals surface area contributed by atoms with Crippen molar-refractivity contribution in [2.45, 2.75) is 58.0 Å². The fraction of sp³-hybridized carbons (Fsp3) is 0.650. The summed E-state index contributed by atoms with van der Waals surface area (Å²) in [4.78, 5) is 17.2. The molecule has 2 heterocycles. The summed E-state index contributed by atoms with van der Waals surface area (Å²) in [6.07, 6.45) is 4.94. The van der Waals surface area contributed by atoms with Gasteiger partial charge in [-0.05, 0) is 55.8 Å². The maximum absolute atomic E-state index is 13.1. The first-order chi connectivity index (χ1) is 11.5. The average Bonchev–Trinajstić information content (AvgIpc) is 2.71. The molecular formula is C20H29FN2O. The maximum Gasteiger partial charge on any atom is 0.223 e. The van der Waals surface area contributed by atoms with E-state index >= 15 is 0 Å². The molecule has 1 atom stereocenters. The number of hydrogen-bond acceptors (Lipinski definition) is 2. The minimum atomic E-state index is -0.222. The molecule has 2 aliphatic rings. The van der Waals surface area contributed by atoms with Crippen molar-refractivity contribution in [3.05, 3.63) is 35.6 Å². The highest BCUT2D eigenvalue weighted by Gasteiger charge is 2.45. The third-order valence-electron chi connectivity index (χ3n) is 5.57. The molecule has 0 N–H and O–H groups in total. The van der Waals surface area contributed by atoms with Gasteiger partial charge in [-0.25, -0.2) is 4.39 Å². The van der Waals surface area contributed by atoms with E-state index in [-0.39, 0.29) is 17.3 Å². The number of amides is 1. The van der Waals surface area contributed by atoms with Crippen LogP contribution in [-0.4, -0.2) is 40.9 Å². The molecule has 0 saturated carbocycles. The predicted octanol–water partition coefficient (Wildman–Crippen LogP) is 3.83. The van der Waals surface area contributed by atoms with Crippen molar-refractivity contribution in [1.29, 1.82) is 0 Å². The highest BCUT2D eigenvalue weighted by Crippen LogP contribution is 2.40. The molecule has 2 saturated heterocycles. The number of carbonyl (C=O) groups is 1. The summed E-state index contributed by atoms with van der Waals surface area (Å²) < 4.78 is 13.1. The molecule has 1 aromatic carbocycles. The minimum Gasteiger partial charge on any atom is -0.333 e. The Hall–Kier alpha value is -1.42. The van der Waals surface area contributed by atoms with Crippen LogP contribution in [0.15, 0.2) is 24.3 Å². The summed E-state index contributed by atoms with van der Waals surface area (Å²) in [6.45, 7) is 8.50. The Morgan fingerprint density at radius 3 is 2.58 bits per heavy atom. The molecule has 0 unspecified atom stereocenters. The van der Waals surface area contributed by atoms with Crippen molar-refractivity contribution in [2.75, 3.05) is 19.6 Å². The van der Waals surface area contributed by atoms with Crippen molar-refractivity contribution in [3.8, 4) is 0 Å². The second-order valence-corrected chi connectivity index (χ2v) is 7.88. The van der Waals surface area contributed by atoms with Crippen molar-refractivity contribution in [2.24, 2.45) is 5.92 Å². The summed E-state index contributed by atoms with van der Waals surface area (Å²) in [5.74, 6) is 0.719. The van der Waals surface area contributed by atoms with Gasteiger partial charge in [0.25, 0.3) is 0 Å². The first kappa shape index (κ1) is 17.4. The Labute approximate surface area is 144 Å². The van der Waals surface area contributed by atoms with Crippen LogP contribution in [0.1, 0.15) is 51.5 Å². The average molecular weight is 332 g/mol. The van der Waals surface area contributed by atoms with Gasteiger partial charge in [-0.1, -0.05) is 26.0 Å². The van der Waals surface area contributed by atoms with Gasteiger partial charge in [-0.3, -0.25) is 4.79 Å². The van der Waals surface area contributed by atoms with Gasteiger partial charge in [0.15, 0.2) is 0 Å². The fourth-order valence-corrected chi connectivity index (χ4v) is 4.36. The van der Waals surface area contributed by atoms with Crippen molar-refractivity contribution in [1.82, 2.24) is 9.80 Å². The topological polar surface area (TPSA) is 23.6 Å². The van der Waals surface area contributed by atoms with Crippen LogP contribution < -0.4 is 0 Å². The second kappa shape index (κ2) is 7.22. The molecule has 24 heavy (non-hydrogen) atoms. The SMILES string of the molecule is CC(C)CN1CCC[C@]2(CCC(=O)N2Cc2ccc(F)cc2)CC1. The maximum atomic E-state index is 13.1. The van der Waals surface area contributed by atoms with Crippen molar-refractivity contribution in [3.63, 3.8) is 0 Å². The Balaban J connectivity index is 1.73. The first-order valence-electron chi connectivity index (χ1n) is 9.26. The zero-order chi connectivity index (χ0) is 17.2. The summed E-state index contributed by atoms with van der Waals surface area (Å²) in [7, 11) is 0.